The van der Waals surface area contributed by atoms with Gasteiger partial charge in [0.25, 0.3) is 0 Å². The van der Waals surface area contributed by atoms with E-state index in [1.807, 2.05) is 30.0 Å². The fraction of sp³-hybridized carbons (Fsp3) is 0.462. The van der Waals surface area contributed by atoms with Gasteiger partial charge in [-0.1, -0.05) is 12.1 Å². The highest BCUT2D eigenvalue weighted by Crippen LogP contribution is 2.27. The van der Waals surface area contributed by atoms with Crippen molar-refractivity contribution in [1.82, 2.24) is 0 Å². The van der Waals surface area contributed by atoms with Gasteiger partial charge in [0, 0.05) is 35.3 Å². The molecule has 1 unspecified atom stereocenters. The third-order valence-corrected chi connectivity index (χ3v) is 4.15. The van der Waals surface area contributed by atoms with Crippen molar-refractivity contribution in [3.8, 4) is 0 Å². The summed E-state index contributed by atoms with van der Waals surface area (Å²) < 4.78 is 0. The average molecular weight is 235 g/mol. The van der Waals surface area contributed by atoms with Gasteiger partial charge in [0.1, 0.15) is 0 Å². The molecule has 1 saturated heterocycles. The molecular formula is C13H17NOS. The fourth-order valence-corrected chi connectivity index (χ4v) is 3.12. The number of rotatable bonds is 2. The Hall–Kier alpha value is -0.960. The van der Waals surface area contributed by atoms with Gasteiger partial charge in [-0.05, 0) is 26.0 Å². The monoisotopic (exact) mass is 235 g/mol. The van der Waals surface area contributed by atoms with E-state index >= 15 is 0 Å². The topological polar surface area (TPSA) is 20.3 Å². The van der Waals surface area contributed by atoms with E-state index in [0.717, 1.165) is 29.3 Å². The molecule has 0 aromatic heterocycles. The predicted molar refractivity (Wildman–Crippen MR) is 70.6 cm³/mol. The molecule has 2 rings (SSSR count). The highest BCUT2D eigenvalue weighted by Gasteiger charge is 2.21. The second-order valence-corrected chi connectivity index (χ2v) is 5.34. The average Bonchev–Trinajstić information content (AvgIpc) is 2.29. The molecule has 86 valence electrons. The molecule has 0 aliphatic carbocycles. The van der Waals surface area contributed by atoms with Gasteiger partial charge in [-0.3, -0.25) is 4.79 Å². The molecule has 16 heavy (non-hydrogen) atoms. The van der Waals surface area contributed by atoms with E-state index in [9.17, 15) is 4.79 Å². The van der Waals surface area contributed by atoms with E-state index in [1.165, 1.54) is 0 Å². The Kier molecular flexibility index (Phi) is 3.54. The molecule has 1 heterocycles. The molecule has 3 heteroatoms. The van der Waals surface area contributed by atoms with Crippen molar-refractivity contribution in [1.29, 1.82) is 0 Å². The van der Waals surface area contributed by atoms with Gasteiger partial charge in [-0.2, -0.15) is 11.8 Å². The van der Waals surface area contributed by atoms with E-state index in [1.54, 1.807) is 6.92 Å². The number of thioether (sulfide) groups is 1. The molecule has 0 radical (unpaired) electrons. The zero-order valence-corrected chi connectivity index (χ0v) is 10.6. The van der Waals surface area contributed by atoms with Gasteiger partial charge in [0.05, 0.1) is 0 Å². The Bertz CT molecular complexity index is 391. The molecule has 0 spiro atoms. The molecule has 0 amide bonds. The van der Waals surface area contributed by atoms with Crippen molar-refractivity contribution >= 4 is 23.2 Å². The Labute approximate surface area is 101 Å². The van der Waals surface area contributed by atoms with Gasteiger partial charge in [-0.25, -0.2) is 0 Å². The second-order valence-electron chi connectivity index (χ2n) is 4.19. The molecule has 1 aliphatic heterocycles. The molecule has 2 nitrogen and oxygen atoms in total. The maximum Gasteiger partial charge on any atom is 0.161 e. The van der Waals surface area contributed by atoms with E-state index in [4.69, 9.17) is 0 Å². The highest BCUT2D eigenvalue weighted by molar-refractivity contribution is 7.99. The van der Waals surface area contributed by atoms with Crippen LogP contribution < -0.4 is 4.90 Å². The minimum Gasteiger partial charge on any atom is -0.367 e. The summed E-state index contributed by atoms with van der Waals surface area (Å²) in [6.45, 7) is 4.90. The van der Waals surface area contributed by atoms with Crippen LogP contribution >= 0.6 is 11.8 Å². The number of hydrogen-bond acceptors (Lipinski definition) is 3. The van der Waals surface area contributed by atoms with E-state index in [2.05, 4.69) is 17.9 Å². The molecule has 0 N–H and O–H groups in total. The minimum absolute atomic E-state index is 0.154. The molecule has 1 aromatic carbocycles. The van der Waals surface area contributed by atoms with Crippen molar-refractivity contribution in [3.63, 3.8) is 0 Å². The summed E-state index contributed by atoms with van der Waals surface area (Å²) in [6, 6.07) is 8.44. The number of anilines is 1. The minimum atomic E-state index is 0.154. The SMILES string of the molecule is CC(=O)c1ccccc1N1CCSCC1C. The molecule has 1 atom stereocenters. The Morgan fingerprint density at radius 3 is 2.88 bits per heavy atom. The van der Waals surface area contributed by atoms with Crippen LogP contribution in [0.4, 0.5) is 5.69 Å². The first-order valence-electron chi connectivity index (χ1n) is 5.64. The standard InChI is InChI=1S/C13H17NOS/c1-10-9-16-8-7-14(10)13-6-4-3-5-12(13)11(2)15/h3-6,10H,7-9H2,1-2H3. The Balaban J connectivity index is 2.34. The van der Waals surface area contributed by atoms with Crippen LogP contribution in [-0.4, -0.2) is 29.9 Å². The van der Waals surface area contributed by atoms with Crippen LogP contribution in [0, 0.1) is 0 Å². The predicted octanol–water partition coefficient (Wildman–Crippen LogP) is 2.83. The first-order valence-corrected chi connectivity index (χ1v) is 6.80. The Morgan fingerprint density at radius 1 is 1.44 bits per heavy atom. The zero-order valence-electron chi connectivity index (χ0n) is 9.77. The number of benzene rings is 1. The number of carbonyl (C=O) groups is 1. The van der Waals surface area contributed by atoms with Crippen molar-refractivity contribution in [2.45, 2.75) is 19.9 Å². The van der Waals surface area contributed by atoms with E-state index in [0.29, 0.717) is 6.04 Å². The summed E-state index contributed by atoms with van der Waals surface area (Å²) in [5, 5.41) is 0. The smallest absolute Gasteiger partial charge is 0.161 e. The van der Waals surface area contributed by atoms with Crippen LogP contribution in [0.15, 0.2) is 24.3 Å². The number of para-hydroxylation sites is 1. The molecular weight excluding hydrogens is 218 g/mol. The fourth-order valence-electron chi connectivity index (χ4n) is 2.11. The molecule has 0 saturated carbocycles. The van der Waals surface area contributed by atoms with Gasteiger partial charge in [-0.15, -0.1) is 0 Å². The summed E-state index contributed by atoms with van der Waals surface area (Å²) in [5.41, 5.74) is 1.95. The van der Waals surface area contributed by atoms with Crippen LogP contribution in [0.25, 0.3) is 0 Å². The third-order valence-electron chi connectivity index (χ3n) is 2.96. The molecule has 1 aromatic rings. The maximum absolute atomic E-state index is 11.6. The van der Waals surface area contributed by atoms with Crippen molar-refractivity contribution in [2.75, 3.05) is 23.0 Å². The lowest BCUT2D eigenvalue weighted by Crippen LogP contribution is -2.41. The largest absolute Gasteiger partial charge is 0.367 e. The summed E-state index contributed by atoms with van der Waals surface area (Å²) in [6.07, 6.45) is 0. The second kappa shape index (κ2) is 4.91. The van der Waals surface area contributed by atoms with Crippen LogP contribution in [0.5, 0.6) is 0 Å². The molecule has 1 aliphatic rings. The van der Waals surface area contributed by atoms with Crippen molar-refractivity contribution in [2.24, 2.45) is 0 Å². The first-order chi connectivity index (χ1) is 7.70. The number of Topliss-reactive ketones (excluding diaryl/α,β-unsaturated/α-hetero) is 1. The van der Waals surface area contributed by atoms with E-state index < -0.39 is 0 Å². The lowest BCUT2D eigenvalue weighted by molar-refractivity contribution is 0.101. The summed E-state index contributed by atoms with van der Waals surface area (Å²) in [5.74, 6) is 2.45. The number of ketones is 1. The number of nitrogens with zero attached hydrogens (tertiary/aromatic N) is 1. The number of carbonyl (C=O) groups excluding carboxylic acids is 1. The van der Waals surface area contributed by atoms with Gasteiger partial charge >= 0.3 is 0 Å². The lowest BCUT2D eigenvalue weighted by Gasteiger charge is -2.36. The van der Waals surface area contributed by atoms with Crippen molar-refractivity contribution < 1.29 is 4.79 Å². The first kappa shape index (κ1) is 11.5. The Morgan fingerprint density at radius 2 is 2.19 bits per heavy atom. The molecule has 0 bridgehead atoms. The van der Waals surface area contributed by atoms with Crippen LogP contribution in [0.1, 0.15) is 24.2 Å². The van der Waals surface area contributed by atoms with Crippen LogP contribution in [0.2, 0.25) is 0 Å². The maximum atomic E-state index is 11.6. The highest BCUT2D eigenvalue weighted by atomic mass is 32.2. The van der Waals surface area contributed by atoms with Gasteiger partial charge < -0.3 is 4.90 Å². The number of hydrogen-bond donors (Lipinski definition) is 0. The summed E-state index contributed by atoms with van der Waals surface area (Å²) >= 11 is 1.99. The summed E-state index contributed by atoms with van der Waals surface area (Å²) in [4.78, 5) is 13.9. The van der Waals surface area contributed by atoms with Gasteiger partial charge in [0.15, 0.2) is 5.78 Å². The quantitative estimate of drug-likeness (QED) is 0.735. The summed E-state index contributed by atoms with van der Waals surface area (Å²) in [7, 11) is 0. The van der Waals surface area contributed by atoms with E-state index in [-0.39, 0.29) is 5.78 Å². The van der Waals surface area contributed by atoms with Crippen molar-refractivity contribution in [3.05, 3.63) is 29.8 Å². The molecule has 1 fully saturated rings. The zero-order chi connectivity index (χ0) is 11.5. The van der Waals surface area contributed by atoms with Crippen LogP contribution in [0.3, 0.4) is 0 Å². The normalized spacial score (nSPS) is 20.9. The van der Waals surface area contributed by atoms with Gasteiger partial charge in [0.2, 0.25) is 0 Å². The van der Waals surface area contributed by atoms with Crippen LogP contribution in [-0.2, 0) is 0 Å². The lowest BCUT2D eigenvalue weighted by atomic mass is 10.1. The third kappa shape index (κ3) is 2.24.